The molecule has 4 heterocycles. The fourth-order valence-corrected chi connectivity index (χ4v) is 14.9. The van der Waals surface area contributed by atoms with Crippen LogP contribution in [0.5, 0.6) is 0 Å². The van der Waals surface area contributed by atoms with Crippen LogP contribution in [0.2, 0.25) is 0 Å². The molecule has 0 atom stereocenters. The van der Waals surface area contributed by atoms with Gasteiger partial charge in [0.05, 0.1) is 42.7 Å². The summed E-state index contributed by atoms with van der Waals surface area (Å²) in [5, 5.41) is 37.8. The number of benzene rings is 2. The van der Waals surface area contributed by atoms with Crippen molar-refractivity contribution in [2.24, 2.45) is 0 Å². The van der Waals surface area contributed by atoms with Gasteiger partial charge < -0.3 is 20.4 Å². The molecule has 0 unspecified atom stereocenters. The van der Waals surface area contributed by atoms with Crippen LogP contribution in [0.15, 0.2) is 63.4 Å². The Balaban J connectivity index is 0.000000148. The maximum absolute atomic E-state index is 9.44. The third kappa shape index (κ3) is 5.63. The lowest BCUT2D eigenvalue weighted by molar-refractivity contribution is 0.290. The van der Waals surface area contributed by atoms with Crippen molar-refractivity contribution in [3.8, 4) is 0 Å². The van der Waals surface area contributed by atoms with Crippen LogP contribution in [0, 0.1) is 0 Å². The smallest absolute Gasteiger partial charge is 0.0907 e. The van der Waals surface area contributed by atoms with E-state index in [4.69, 9.17) is 0 Å². The van der Waals surface area contributed by atoms with Gasteiger partial charge in [-0.15, -0.1) is 94.1 Å². The second-order valence-corrected chi connectivity index (χ2v) is 22.9. The minimum Gasteiger partial charge on any atom is -0.394 e. The Morgan fingerprint density at radius 3 is 0.639 bits per heavy atom. The van der Waals surface area contributed by atoms with E-state index in [0.29, 0.717) is 0 Å². The van der Waals surface area contributed by atoms with Crippen LogP contribution in [0.1, 0.15) is 27.7 Å². The summed E-state index contributed by atoms with van der Waals surface area (Å²) in [5.74, 6) is 0. The van der Waals surface area contributed by atoms with Crippen LogP contribution in [0.3, 0.4) is 0 Å². The molecule has 2 aromatic rings. The second-order valence-electron chi connectivity index (χ2n) is 9.48. The number of rotatable bonds is 4. The van der Waals surface area contributed by atoms with E-state index in [9.17, 15) is 20.4 Å². The molecular formula is C24H28O4S8. The van der Waals surface area contributed by atoms with Gasteiger partial charge in [-0.25, -0.2) is 0 Å². The zero-order valence-electron chi connectivity index (χ0n) is 20.2. The number of hydrogen-bond acceptors (Lipinski definition) is 12. The summed E-state index contributed by atoms with van der Waals surface area (Å²) in [7, 11) is 0. The van der Waals surface area contributed by atoms with E-state index in [1.807, 2.05) is 0 Å². The van der Waals surface area contributed by atoms with Gasteiger partial charge in [0, 0.05) is 39.2 Å². The molecule has 196 valence electrons. The maximum Gasteiger partial charge on any atom is 0.0907 e. The molecule has 0 fully saturated rings. The first-order chi connectivity index (χ1) is 16.9. The van der Waals surface area contributed by atoms with Crippen LogP contribution < -0.4 is 0 Å². The number of aliphatic hydroxyl groups is 4. The van der Waals surface area contributed by atoms with Crippen molar-refractivity contribution in [3.63, 3.8) is 0 Å². The summed E-state index contributed by atoms with van der Waals surface area (Å²) in [6.07, 6.45) is 0. The number of aliphatic hydroxyl groups excluding tert-OH is 4. The molecule has 0 radical (unpaired) electrons. The standard InChI is InChI=1S/2C12H14O2S4/c2*1-11(5-13)15-7-3-9-10(4-8(7)16-11)18-12(2,6-14)17-9/h2*3-4,13-14H,5-6H2,1-2H3. The first kappa shape index (κ1) is 28.6. The molecule has 4 aliphatic heterocycles. The lowest BCUT2D eigenvalue weighted by atomic mass is 10.3. The van der Waals surface area contributed by atoms with E-state index >= 15 is 0 Å². The van der Waals surface area contributed by atoms with Crippen molar-refractivity contribution in [1.82, 2.24) is 0 Å². The first-order valence-corrected chi connectivity index (χ1v) is 17.8. The predicted octanol–water partition coefficient (Wildman–Crippen LogP) is 7.00. The molecule has 0 saturated carbocycles. The Hall–Kier alpha value is 1.08. The third-order valence-corrected chi connectivity index (χ3v) is 17.2. The van der Waals surface area contributed by atoms with Crippen molar-refractivity contribution in [2.45, 2.75) is 83.2 Å². The largest absolute Gasteiger partial charge is 0.394 e. The highest BCUT2D eigenvalue weighted by Gasteiger charge is 2.41. The third-order valence-electron chi connectivity index (χ3n) is 5.78. The molecular weight excluding hydrogens is 609 g/mol. The normalized spacial score (nSPS) is 22.9. The van der Waals surface area contributed by atoms with E-state index in [1.165, 1.54) is 39.2 Å². The Labute approximate surface area is 246 Å². The van der Waals surface area contributed by atoms with Gasteiger partial charge in [-0.05, 0) is 52.0 Å². The molecule has 36 heavy (non-hydrogen) atoms. The van der Waals surface area contributed by atoms with Gasteiger partial charge in [0.15, 0.2) is 0 Å². The molecule has 4 nitrogen and oxygen atoms in total. The lowest BCUT2D eigenvalue weighted by Crippen LogP contribution is -2.16. The SMILES string of the molecule is CC1(CO)Sc2cc3c(cc2S1)SC(C)(CO)S3.CC1(CO)Sc2cc3c(cc2S1)SC(C)(CO)S3. The topological polar surface area (TPSA) is 80.9 Å². The van der Waals surface area contributed by atoms with E-state index in [-0.39, 0.29) is 42.7 Å². The summed E-state index contributed by atoms with van der Waals surface area (Å²) in [6, 6.07) is 8.84. The van der Waals surface area contributed by atoms with E-state index < -0.39 is 0 Å². The molecule has 12 heteroatoms. The van der Waals surface area contributed by atoms with Gasteiger partial charge in [-0.3, -0.25) is 0 Å². The molecule has 6 rings (SSSR count). The molecule has 0 saturated heterocycles. The molecule has 4 aliphatic rings. The first-order valence-electron chi connectivity index (χ1n) is 11.3. The van der Waals surface area contributed by atoms with E-state index in [0.717, 1.165) is 0 Å². The molecule has 0 aromatic heterocycles. The predicted molar refractivity (Wildman–Crippen MR) is 162 cm³/mol. The van der Waals surface area contributed by atoms with Crippen molar-refractivity contribution in [2.75, 3.05) is 26.4 Å². The maximum atomic E-state index is 9.44. The highest BCUT2D eigenvalue weighted by Crippen LogP contribution is 2.63. The van der Waals surface area contributed by atoms with Crippen molar-refractivity contribution in [1.29, 1.82) is 0 Å². The van der Waals surface area contributed by atoms with Crippen LogP contribution in [-0.2, 0) is 0 Å². The zero-order chi connectivity index (χ0) is 25.9. The summed E-state index contributed by atoms with van der Waals surface area (Å²) >= 11 is 13.9. The second kappa shape index (κ2) is 10.5. The zero-order valence-corrected chi connectivity index (χ0v) is 26.7. The number of fused-ring (bicyclic) bond motifs is 4. The van der Waals surface area contributed by atoms with Crippen LogP contribution in [0.25, 0.3) is 0 Å². The molecule has 0 amide bonds. The van der Waals surface area contributed by atoms with E-state index in [1.54, 1.807) is 94.1 Å². The number of thioether (sulfide) groups is 8. The molecule has 2 aromatic carbocycles. The van der Waals surface area contributed by atoms with Gasteiger partial charge >= 0.3 is 0 Å². The van der Waals surface area contributed by atoms with Crippen molar-refractivity contribution >= 4 is 94.1 Å². The Morgan fingerprint density at radius 1 is 0.389 bits per heavy atom. The van der Waals surface area contributed by atoms with Crippen molar-refractivity contribution < 1.29 is 20.4 Å². The monoisotopic (exact) mass is 636 g/mol. The van der Waals surface area contributed by atoms with Crippen molar-refractivity contribution in [3.05, 3.63) is 24.3 Å². The Morgan fingerprint density at radius 2 is 0.528 bits per heavy atom. The van der Waals surface area contributed by atoms with Crippen LogP contribution >= 0.6 is 94.1 Å². The van der Waals surface area contributed by atoms with Gasteiger partial charge in [0.1, 0.15) is 0 Å². The molecule has 0 spiro atoms. The summed E-state index contributed by atoms with van der Waals surface area (Å²) in [5.41, 5.74) is 0. The molecule has 4 N–H and O–H groups in total. The summed E-state index contributed by atoms with van der Waals surface area (Å²) in [4.78, 5) is 10.0. The fraction of sp³-hybridized carbons (Fsp3) is 0.500. The number of hydrogen-bond donors (Lipinski definition) is 4. The Bertz CT molecular complexity index is 945. The molecule has 0 bridgehead atoms. The van der Waals surface area contributed by atoms with Gasteiger partial charge in [-0.1, -0.05) is 0 Å². The van der Waals surface area contributed by atoms with Crippen LogP contribution in [0.4, 0.5) is 0 Å². The van der Waals surface area contributed by atoms with Crippen LogP contribution in [-0.4, -0.2) is 63.2 Å². The summed E-state index contributed by atoms with van der Waals surface area (Å²) in [6.45, 7) is 9.01. The van der Waals surface area contributed by atoms with Gasteiger partial charge in [-0.2, -0.15) is 0 Å². The molecule has 0 aliphatic carbocycles. The average molecular weight is 637 g/mol. The summed E-state index contributed by atoms with van der Waals surface area (Å²) < 4.78 is -0.583. The average Bonchev–Trinajstić information content (AvgIpc) is 3.54. The minimum atomic E-state index is -0.146. The highest BCUT2D eigenvalue weighted by atomic mass is 32.2. The minimum absolute atomic E-state index is 0.146. The lowest BCUT2D eigenvalue weighted by Gasteiger charge is -2.18. The van der Waals surface area contributed by atoms with E-state index in [2.05, 4.69) is 52.0 Å². The quantitative estimate of drug-likeness (QED) is 0.279. The fourth-order valence-electron chi connectivity index (χ4n) is 3.89. The Kier molecular flexibility index (Phi) is 8.33. The van der Waals surface area contributed by atoms with Gasteiger partial charge in [0.2, 0.25) is 0 Å². The highest BCUT2D eigenvalue weighted by molar-refractivity contribution is 8.22. The van der Waals surface area contributed by atoms with Gasteiger partial charge in [0.25, 0.3) is 0 Å².